The Hall–Kier alpha value is -1.45. The number of hydrogen-bond donors (Lipinski definition) is 2. The van der Waals surface area contributed by atoms with Gasteiger partial charge in [-0.25, -0.2) is 0 Å². The van der Waals surface area contributed by atoms with E-state index in [9.17, 15) is 9.90 Å². The first-order chi connectivity index (χ1) is 13.4. The number of carbonyl (C=O) groups excluding carboxylic acids is 1. The second-order valence-corrected chi connectivity index (χ2v) is 9.42. The summed E-state index contributed by atoms with van der Waals surface area (Å²) in [6.07, 6.45) is 8.57. The van der Waals surface area contributed by atoms with Gasteiger partial charge in [-0.1, -0.05) is 47.8 Å². The summed E-state index contributed by atoms with van der Waals surface area (Å²) in [5, 5.41) is 14.5. The summed E-state index contributed by atoms with van der Waals surface area (Å²) in [5.74, 6) is 1.07. The Morgan fingerprint density at radius 3 is 2.68 bits per heavy atom. The number of hydrogen-bond acceptors (Lipinski definition) is 2. The standard InChI is InChI=1S/C23H27Cl2NO2/c1-3-23-11-10-18(17-9-8-16(27)12-19(17)25)20(14-4-6-15(24)7-5-14)21(23)13(2)26-22(23)28/h4,6,8-9,12-13,18,20-21,27H,3,5,7,10-11H2,1-2H3,(H,26,28)/t13?,18-,20-,21-,23+/m0/s1. The Balaban J connectivity index is 1.84. The molecule has 1 saturated heterocycles. The van der Waals surface area contributed by atoms with E-state index >= 15 is 0 Å². The van der Waals surface area contributed by atoms with Crippen LogP contribution in [0.15, 0.2) is 41.0 Å². The molecule has 3 aliphatic rings. The Kier molecular flexibility index (Phi) is 5.26. The normalized spacial score (nSPS) is 35.1. The second-order valence-electron chi connectivity index (χ2n) is 8.53. The van der Waals surface area contributed by atoms with E-state index in [4.69, 9.17) is 23.2 Å². The molecule has 0 aromatic heterocycles. The maximum atomic E-state index is 13.0. The van der Waals surface area contributed by atoms with Gasteiger partial charge in [-0.15, -0.1) is 0 Å². The van der Waals surface area contributed by atoms with Crippen molar-refractivity contribution in [2.45, 2.75) is 57.9 Å². The summed E-state index contributed by atoms with van der Waals surface area (Å²) in [4.78, 5) is 13.0. The van der Waals surface area contributed by atoms with Gasteiger partial charge in [-0.2, -0.15) is 0 Å². The Morgan fingerprint density at radius 1 is 1.25 bits per heavy atom. The van der Waals surface area contributed by atoms with Crippen molar-refractivity contribution in [3.63, 3.8) is 0 Å². The first-order valence-corrected chi connectivity index (χ1v) is 11.0. The zero-order valence-corrected chi connectivity index (χ0v) is 17.9. The molecule has 28 heavy (non-hydrogen) atoms. The molecule has 2 N–H and O–H groups in total. The van der Waals surface area contributed by atoms with E-state index in [0.717, 1.165) is 42.7 Å². The third-order valence-electron chi connectivity index (χ3n) is 7.28. The Morgan fingerprint density at radius 2 is 2.04 bits per heavy atom. The summed E-state index contributed by atoms with van der Waals surface area (Å²) in [5.41, 5.74) is 2.13. The maximum absolute atomic E-state index is 13.0. The molecule has 2 aliphatic carbocycles. The van der Waals surface area contributed by atoms with Crippen LogP contribution >= 0.6 is 23.2 Å². The smallest absolute Gasteiger partial charge is 0.226 e. The van der Waals surface area contributed by atoms with Crippen molar-refractivity contribution in [1.82, 2.24) is 5.32 Å². The highest BCUT2D eigenvalue weighted by atomic mass is 35.5. The van der Waals surface area contributed by atoms with Crippen molar-refractivity contribution in [1.29, 1.82) is 0 Å². The minimum atomic E-state index is -0.310. The molecule has 5 atom stereocenters. The SMILES string of the molecule is CC[C@@]12CC[C@@H](c3ccc(O)cc3Cl)[C@H](C3=CC=C(Cl)CC3)[C@@H]1C(C)NC2=O. The number of carbonyl (C=O) groups is 1. The predicted octanol–water partition coefficient (Wildman–Crippen LogP) is 5.91. The van der Waals surface area contributed by atoms with E-state index < -0.39 is 0 Å². The minimum absolute atomic E-state index is 0.124. The summed E-state index contributed by atoms with van der Waals surface area (Å²) in [6, 6.07) is 5.42. The highest BCUT2D eigenvalue weighted by Crippen LogP contribution is 2.59. The summed E-state index contributed by atoms with van der Waals surface area (Å²) >= 11 is 12.8. The molecule has 0 radical (unpaired) electrons. The van der Waals surface area contributed by atoms with Crippen molar-refractivity contribution < 1.29 is 9.90 Å². The molecule has 2 fully saturated rings. The molecule has 1 aromatic rings. The second kappa shape index (κ2) is 7.42. The van der Waals surface area contributed by atoms with Crippen molar-refractivity contribution in [2.75, 3.05) is 0 Å². The zero-order chi connectivity index (χ0) is 20.1. The van der Waals surface area contributed by atoms with Crippen LogP contribution in [0.1, 0.15) is 57.4 Å². The summed E-state index contributed by atoms with van der Waals surface area (Å²) < 4.78 is 0. The molecule has 1 amide bonds. The van der Waals surface area contributed by atoms with Gasteiger partial charge in [0, 0.05) is 22.0 Å². The topological polar surface area (TPSA) is 49.3 Å². The number of aromatic hydroxyl groups is 1. The van der Waals surface area contributed by atoms with Crippen LogP contribution in [-0.2, 0) is 4.79 Å². The van der Waals surface area contributed by atoms with Gasteiger partial charge in [-0.3, -0.25) is 4.79 Å². The average Bonchev–Trinajstić information content (AvgIpc) is 2.93. The number of halogens is 2. The van der Waals surface area contributed by atoms with Crippen molar-refractivity contribution in [2.24, 2.45) is 17.3 Å². The number of benzene rings is 1. The van der Waals surface area contributed by atoms with Gasteiger partial charge in [-0.05, 0) is 74.6 Å². The summed E-state index contributed by atoms with van der Waals surface area (Å²) in [7, 11) is 0. The number of fused-ring (bicyclic) bond motifs is 1. The van der Waals surface area contributed by atoms with Crippen LogP contribution in [0, 0.1) is 17.3 Å². The number of amides is 1. The van der Waals surface area contributed by atoms with E-state index in [2.05, 4.69) is 25.2 Å². The minimum Gasteiger partial charge on any atom is -0.508 e. The molecular weight excluding hydrogens is 393 g/mol. The first-order valence-electron chi connectivity index (χ1n) is 10.2. The third kappa shape index (κ3) is 3.07. The lowest BCUT2D eigenvalue weighted by Crippen LogP contribution is -2.45. The van der Waals surface area contributed by atoms with E-state index in [1.54, 1.807) is 12.1 Å². The molecule has 5 heteroatoms. The third-order valence-corrected chi connectivity index (χ3v) is 7.93. The van der Waals surface area contributed by atoms with E-state index in [0.29, 0.717) is 5.02 Å². The van der Waals surface area contributed by atoms with Gasteiger partial charge in [0.1, 0.15) is 5.75 Å². The number of phenols is 1. The molecule has 1 heterocycles. The molecule has 1 aromatic carbocycles. The fraction of sp³-hybridized carbons (Fsp3) is 0.522. The number of nitrogens with one attached hydrogen (secondary N) is 1. The van der Waals surface area contributed by atoms with Crippen LogP contribution in [0.5, 0.6) is 5.75 Å². The molecule has 1 saturated carbocycles. The Labute approximate surface area is 176 Å². The summed E-state index contributed by atoms with van der Waals surface area (Å²) in [6.45, 7) is 4.28. The Bertz CT molecular complexity index is 862. The van der Waals surface area contributed by atoms with Gasteiger partial charge in [0.25, 0.3) is 0 Å². The highest BCUT2D eigenvalue weighted by Gasteiger charge is 2.59. The largest absolute Gasteiger partial charge is 0.508 e. The van der Waals surface area contributed by atoms with Gasteiger partial charge in [0.15, 0.2) is 0 Å². The van der Waals surface area contributed by atoms with E-state index in [1.807, 2.05) is 12.1 Å². The van der Waals surface area contributed by atoms with Crippen molar-refractivity contribution >= 4 is 29.1 Å². The van der Waals surface area contributed by atoms with Gasteiger partial charge >= 0.3 is 0 Å². The lowest BCUT2D eigenvalue weighted by molar-refractivity contribution is -0.131. The lowest BCUT2D eigenvalue weighted by Gasteiger charge is -2.48. The first kappa shape index (κ1) is 19.8. The van der Waals surface area contributed by atoms with Crippen LogP contribution in [0.3, 0.4) is 0 Å². The molecule has 0 bridgehead atoms. The van der Waals surface area contributed by atoms with E-state index in [-0.39, 0.29) is 40.9 Å². The fourth-order valence-electron chi connectivity index (χ4n) is 5.98. The van der Waals surface area contributed by atoms with Crippen molar-refractivity contribution in [3.8, 4) is 5.75 Å². The molecule has 1 unspecified atom stereocenters. The molecule has 0 spiro atoms. The van der Waals surface area contributed by atoms with Crippen LogP contribution in [0.2, 0.25) is 5.02 Å². The molecule has 1 aliphatic heterocycles. The lowest BCUT2D eigenvalue weighted by atomic mass is 9.53. The number of allylic oxidation sites excluding steroid dienone is 4. The molecular formula is C23H27Cl2NO2. The van der Waals surface area contributed by atoms with Gasteiger partial charge < -0.3 is 10.4 Å². The number of rotatable bonds is 3. The van der Waals surface area contributed by atoms with Crippen molar-refractivity contribution in [3.05, 3.63) is 51.5 Å². The van der Waals surface area contributed by atoms with Gasteiger partial charge in [0.2, 0.25) is 5.91 Å². The molecule has 4 rings (SSSR count). The average molecular weight is 420 g/mol. The van der Waals surface area contributed by atoms with Gasteiger partial charge in [0.05, 0.1) is 5.41 Å². The zero-order valence-electron chi connectivity index (χ0n) is 16.3. The number of phenolic OH excluding ortho intramolecular Hbond substituents is 1. The highest BCUT2D eigenvalue weighted by molar-refractivity contribution is 6.31. The quantitative estimate of drug-likeness (QED) is 0.639. The predicted molar refractivity (Wildman–Crippen MR) is 114 cm³/mol. The maximum Gasteiger partial charge on any atom is 0.226 e. The van der Waals surface area contributed by atoms with Crippen LogP contribution in [0.25, 0.3) is 0 Å². The van der Waals surface area contributed by atoms with Crippen LogP contribution < -0.4 is 5.32 Å². The fourth-order valence-corrected chi connectivity index (χ4v) is 6.45. The van der Waals surface area contributed by atoms with E-state index in [1.165, 1.54) is 5.57 Å². The van der Waals surface area contributed by atoms with Crippen LogP contribution in [0.4, 0.5) is 0 Å². The van der Waals surface area contributed by atoms with Crippen LogP contribution in [-0.4, -0.2) is 17.1 Å². The monoisotopic (exact) mass is 419 g/mol. The molecule has 3 nitrogen and oxygen atoms in total. The molecule has 150 valence electrons.